The van der Waals surface area contributed by atoms with E-state index in [4.69, 9.17) is 11.6 Å². The molecular formula is C22H28ClN5O2S. The zero-order valence-corrected chi connectivity index (χ0v) is 19.2. The number of aromatic nitrogens is 3. The molecule has 9 heteroatoms. The normalized spacial score (nSPS) is 18.4. The summed E-state index contributed by atoms with van der Waals surface area (Å²) < 4.78 is 1.86. The van der Waals surface area contributed by atoms with Gasteiger partial charge < -0.3 is 15.2 Å². The summed E-state index contributed by atoms with van der Waals surface area (Å²) in [6, 6.07) is 6.93. The quantitative estimate of drug-likeness (QED) is 0.437. The van der Waals surface area contributed by atoms with Gasteiger partial charge in [0.25, 0.3) is 5.91 Å². The van der Waals surface area contributed by atoms with Crippen molar-refractivity contribution in [1.29, 1.82) is 0 Å². The fourth-order valence-electron chi connectivity index (χ4n) is 3.64. The van der Waals surface area contributed by atoms with Crippen LogP contribution >= 0.6 is 23.4 Å². The van der Waals surface area contributed by atoms with Gasteiger partial charge in [-0.3, -0.25) is 9.59 Å². The Morgan fingerprint density at radius 3 is 2.71 bits per heavy atom. The van der Waals surface area contributed by atoms with Crippen LogP contribution in [0.25, 0.3) is 0 Å². The van der Waals surface area contributed by atoms with Gasteiger partial charge in [0.2, 0.25) is 5.91 Å². The molecule has 2 aromatic rings. The maximum Gasteiger partial charge on any atom is 0.251 e. The molecule has 1 aromatic heterocycles. The largest absolute Gasteiger partial charge is 0.352 e. The van der Waals surface area contributed by atoms with Crippen molar-refractivity contribution in [2.24, 2.45) is 5.92 Å². The van der Waals surface area contributed by atoms with Crippen molar-refractivity contribution in [2.75, 3.05) is 5.75 Å². The Morgan fingerprint density at radius 2 is 2.00 bits per heavy atom. The molecule has 2 unspecified atom stereocenters. The highest BCUT2D eigenvalue weighted by Gasteiger charge is 2.23. The lowest BCUT2D eigenvalue weighted by Gasteiger charge is -2.29. The number of hydrogen-bond acceptors (Lipinski definition) is 5. The minimum Gasteiger partial charge on any atom is -0.352 e. The van der Waals surface area contributed by atoms with Crippen LogP contribution in [0.3, 0.4) is 0 Å². The number of nitrogens with one attached hydrogen (secondary N) is 2. The van der Waals surface area contributed by atoms with Gasteiger partial charge in [0.05, 0.1) is 12.3 Å². The van der Waals surface area contributed by atoms with Crippen molar-refractivity contribution in [3.63, 3.8) is 0 Å². The van der Waals surface area contributed by atoms with Crippen molar-refractivity contribution in [2.45, 2.75) is 56.9 Å². The van der Waals surface area contributed by atoms with E-state index < -0.39 is 0 Å². The van der Waals surface area contributed by atoms with E-state index in [1.807, 2.05) is 4.57 Å². The molecule has 166 valence electrons. The van der Waals surface area contributed by atoms with Crippen LogP contribution in [0.1, 0.15) is 48.8 Å². The maximum atomic E-state index is 12.4. The van der Waals surface area contributed by atoms with E-state index in [9.17, 15) is 9.59 Å². The number of amides is 2. The molecule has 2 atom stereocenters. The average Bonchev–Trinajstić information content (AvgIpc) is 3.14. The summed E-state index contributed by atoms with van der Waals surface area (Å²) in [5.74, 6) is 1.18. The first-order chi connectivity index (χ1) is 15.0. The van der Waals surface area contributed by atoms with E-state index in [0.29, 0.717) is 34.0 Å². The molecular weight excluding hydrogens is 434 g/mol. The first kappa shape index (κ1) is 23.3. The number of carbonyl (C=O) groups excluding carboxylic acids is 2. The van der Waals surface area contributed by atoms with Crippen molar-refractivity contribution in [1.82, 2.24) is 25.4 Å². The van der Waals surface area contributed by atoms with Gasteiger partial charge in [0, 0.05) is 23.2 Å². The topological polar surface area (TPSA) is 88.9 Å². The number of carbonyl (C=O) groups is 2. The molecule has 0 radical (unpaired) electrons. The van der Waals surface area contributed by atoms with E-state index in [2.05, 4.69) is 34.3 Å². The fourth-order valence-corrected chi connectivity index (χ4v) is 4.54. The SMILES string of the molecule is C=CCn1c(CNC(=O)c2ccc(Cl)cc2)nnc1SCC(=O)NC1CCCCC1C. The monoisotopic (exact) mass is 461 g/mol. The van der Waals surface area contributed by atoms with Crippen LogP contribution in [0.5, 0.6) is 0 Å². The lowest BCUT2D eigenvalue weighted by molar-refractivity contribution is -0.119. The molecule has 1 heterocycles. The second kappa shape index (κ2) is 11.3. The predicted octanol–water partition coefficient (Wildman–Crippen LogP) is 3.83. The molecule has 1 aliphatic carbocycles. The molecule has 0 aliphatic heterocycles. The number of allylic oxidation sites excluding steroid dienone is 1. The van der Waals surface area contributed by atoms with Gasteiger partial charge in [0.1, 0.15) is 0 Å². The molecule has 2 amide bonds. The Labute approximate surface area is 192 Å². The molecule has 3 rings (SSSR count). The Kier molecular flexibility index (Phi) is 8.54. The van der Waals surface area contributed by atoms with Crippen LogP contribution in [0.4, 0.5) is 0 Å². The van der Waals surface area contributed by atoms with Crippen molar-refractivity contribution in [3.8, 4) is 0 Å². The van der Waals surface area contributed by atoms with Gasteiger partial charge in [-0.15, -0.1) is 16.8 Å². The maximum absolute atomic E-state index is 12.4. The van der Waals surface area contributed by atoms with Gasteiger partial charge in [-0.1, -0.05) is 49.2 Å². The number of halogens is 1. The minimum atomic E-state index is -0.222. The summed E-state index contributed by atoms with van der Waals surface area (Å²) in [6.45, 7) is 6.69. The second-order valence-electron chi connectivity index (χ2n) is 7.71. The highest BCUT2D eigenvalue weighted by molar-refractivity contribution is 7.99. The van der Waals surface area contributed by atoms with Crippen LogP contribution < -0.4 is 10.6 Å². The smallest absolute Gasteiger partial charge is 0.251 e. The molecule has 2 N–H and O–H groups in total. The lowest BCUT2D eigenvalue weighted by Crippen LogP contribution is -2.41. The predicted molar refractivity (Wildman–Crippen MR) is 123 cm³/mol. The lowest BCUT2D eigenvalue weighted by atomic mass is 9.86. The molecule has 1 saturated carbocycles. The fraction of sp³-hybridized carbons (Fsp3) is 0.455. The van der Waals surface area contributed by atoms with E-state index in [1.54, 1.807) is 30.3 Å². The Hall–Kier alpha value is -2.32. The summed E-state index contributed by atoms with van der Waals surface area (Å²) in [5, 5.41) is 15.6. The van der Waals surface area contributed by atoms with Gasteiger partial charge in [-0.25, -0.2) is 0 Å². The third-order valence-corrected chi connectivity index (χ3v) is 6.63. The molecule has 7 nitrogen and oxygen atoms in total. The standard InChI is InChI=1S/C22H28ClN5O2S/c1-3-12-28-19(13-24-21(30)16-8-10-17(23)11-9-16)26-27-22(28)31-14-20(29)25-18-7-5-4-6-15(18)2/h3,8-11,15,18H,1,4-7,12-14H2,2H3,(H,24,30)(H,25,29). The highest BCUT2D eigenvalue weighted by Crippen LogP contribution is 2.24. The number of benzene rings is 1. The number of nitrogens with zero attached hydrogens (tertiary/aromatic N) is 3. The number of rotatable bonds is 9. The van der Waals surface area contributed by atoms with Crippen LogP contribution in [-0.2, 0) is 17.9 Å². The zero-order valence-electron chi connectivity index (χ0n) is 17.6. The Balaban J connectivity index is 1.56. The summed E-state index contributed by atoms with van der Waals surface area (Å²) in [4.78, 5) is 24.8. The van der Waals surface area contributed by atoms with E-state index in [-0.39, 0.29) is 30.2 Å². The summed E-state index contributed by atoms with van der Waals surface area (Å²) in [5.41, 5.74) is 0.516. The van der Waals surface area contributed by atoms with Crippen molar-refractivity contribution >= 4 is 35.2 Å². The van der Waals surface area contributed by atoms with Gasteiger partial charge in [0.15, 0.2) is 11.0 Å². The van der Waals surface area contributed by atoms with E-state index in [0.717, 1.165) is 12.8 Å². The van der Waals surface area contributed by atoms with Crippen LogP contribution in [0.15, 0.2) is 42.1 Å². The second-order valence-corrected chi connectivity index (χ2v) is 9.09. The number of hydrogen-bond donors (Lipinski definition) is 2. The third-order valence-electron chi connectivity index (χ3n) is 5.41. The van der Waals surface area contributed by atoms with Crippen LogP contribution in [0.2, 0.25) is 5.02 Å². The van der Waals surface area contributed by atoms with Gasteiger partial charge >= 0.3 is 0 Å². The molecule has 0 spiro atoms. The van der Waals surface area contributed by atoms with Gasteiger partial charge in [-0.05, 0) is 43.0 Å². The van der Waals surface area contributed by atoms with Gasteiger partial charge in [-0.2, -0.15) is 0 Å². The minimum absolute atomic E-state index is 0.00879. The first-order valence-electron chi connectivity index (χ1n) is 10.5. The summed E-state index contributed by atoms with van der Waals surface area (Å²) in [6.07, 6.45) is 6.35. The Bertz CT molecular complexity index is 915. The van der Waals surface area contributed by atoms with E-state index >= 15 is 0 Å². The molecule has 1 aromatic carbocycles. The highest BCUT2D eigenvalue weighted by atomic mass is 35.5. The first-order valence-corrected chi connectivity index (χ1v) is 11.8. The third kappa shape index (κ3) is 6.58. The van der Waals surface area contributed by atoms with E-state index in [1.165, 1.54) is 24.6 Å². The van der Waals surface area contributed by atoms with Crippen LogP contribution in [0, 0.1) is 5.92 Å². The molecule has 0 bridgehead atoms. The van der Waals surface area contributed by atoms with Crippen LogP contribution in [-0.4, -0.2) is 38.4 Å². The molecule has 0 saturated heterocycles. The Morgan fingerprint density at radius 1 is 1.26 bits per heavy atom. The average molecular weight is 462 g/mol. The zero-order chi connectivity index (χ0) is 22.2. The summed E-state index contributed by atoms with van der Waals surface area (Å²) >= 11 is 7.21. The molecule has 31 heavy (non-hydrogen) atoms. The number of thioether (sulfide) groups is 1. The van der Waals surface area contributed by atoms with Crippen molar-refractivity contribution in [3.05, 3.63) is 53.3 Å². The van der Waals surface area contributed by atoms with Crippen molar-refractivity contribution < 1.29 is 9.59 Å². The molecule has 1 aliphatic rings. The molecule has 1 fully saturated rings. The summed E-state index contributed by atoms with van der Waals surface area (Å²) in [7, 11) is 0.